The molecule has 5 aromatic rings. The molecule has 11 heteroatoms. The third kappa shape index (κ3) is 4.59. The Hall–Kier alpha value is -4.41. The highest BCUT2D eigenvalue weighted by atomic mass is 19.3. The predicted octanol–water partition coefficient (Wildman–Crippen LogP) is 4.20. The lowest BCUT2D eigenvalue weighted by Gasteiger charge is -2.09. The Morgan fingerprint density at radius 1 is 1.08 bits per heavy atom. The number of carbonyl (C=O) groups excluding carboxylic acids is 1. The maximum Gasteiger partial charge on any atom is 0.264 e. The Kier molecular flexibility index (Phi) is 6.28. The van der Waals surface area contributed by atoms with E-state index in [-0.39, 0.29) is 35.6 Å². The van der Waals surface area contributed by atoms with Gasteiger partial charge in [-0.05, 0) is 39.0 Å². The highest BCUT2D eigenvalue weighted by Crippen LogP contribution is 2.33. The van der Waals surface area contributed by atoms with E-state index in [4.69, 9.17) is 0 Å². The second kappa shape index (κ2) is 9.57. The zero-order chi connectivity index (χ0) is 26.3. The summed E-state index contributed by atoms with van der Waals surface area (Å²) in [4.78, 5) is 17.5. The molecular formula is C26H26F2N8O. The van der Waals surface area contributed by atoms with Crippen molar-refractivity contribution in [3.8, 4) is 16.9 Å². The molecule has 37 heavy (non-hydrogen) atoms. The first-order valence-electron chi connectivity index (χ1n) is 11.8. The number of aromatic nitrogens is 7. The van der Waals surface area contributed by atoms with E-state index in [0.717, 1.165) is 22.6 Å². The lowest BCUT2D eigenvalue weighted by Crippen LogP contribution is -2.28. The van der Waals surface area contributed by atoms with E-state index in [1.165, 1.54) is 10.7 Å². The van der Waals surface area contributed by atoms with Gasteiger partial charge in [0.2, 0.25) is 5.91 Å². The van der Waals surface area contributed by atoms with Crippen molar-refractivity contribution in [1.29, 1.82) is 0 Å². The molecule has 0 saturated carbocycles. The maximum atomic E-state index is 14.0. The minimum atomic E-state index is -2.72. The largest absolute Gasteiger partial charge is 0.350 e. The molecule has 0 atom stereocenters. The fourth-order valence-electron chi connectivity index (χ4n) is 4.50. The van der Waals surface area contributed by atoms with Gasteiger partial charge < -0.3 is 5.32 Å². The van der Waals surface area contributed by atoms with Crippen LogP contribution in [0.4, 0.5) is 8.78 Å². The number of fused-ring (bicyclic) bond motifs is 1. The van der Waals surface area contributed by atoms with Crippen molar-refractivity contribution in [3.63, 3.8) is 0 Å². The van der Waals surface area contributed by atoms with E-state index in [1.807, 2.05) is 48.9 Å². The van der Waals surface area contributed by atoms with Crippen molar-refractivity contribution < 1.29 is 13.6 Å². The Morgan fingerprint density at radius 3 is 2.51 bits per heavy atom. The van der Waals surface area contributed by atoms with E-state index in [9.17, 15) is 13.6 Å². The molecule has 0 fully saturated rings. The van der Waals surface area contributed by atoms with E-state index < -0.39 is 6.43 Å². The summed E-state index contributed by atoms with van der Waals surface area (Å²) in [7, 11) is 1.74. The molecular weight excluding hydrogens is 478 g/mol. The molecule has 4 heterocycles. The zero-order valence-electron chi connectivity index (χ0n) is 20.9. The number of alkyl halides is 2. The number of hydrogen-bond acceptors (Lipinski definition) is 5. The monoisotopic (exact) mass is 504 g/mol. The number of aryl methyl sites for hydroxylation is 3. The van der Waals surface area contributed by atoms with Crippen LogP contribution in [0.5, 0.6) is 0 Å². The molecule has 0 bridgehead atoms. The zero-order valence-corrected chi connectivity index (χ0v) is 20.9. The lowest BCUT2D eigenvalue weighted by atomic mass is 10.1. The predicted molar refractivity (Wildman–Crippen MR) is 134 cm³/mol. The molecule has 190 valence electrons. The van der Waals surface area contributed by atoms with Crippen molar-refractivity contribution in [3.05, 3.63) is 77.0 Å². The van der Waals surface area contributed by atoms with E-state index in [1.54, 1.807) is 31.0 Å². The molecule has 0 spiro atoms. The van der Waals surface area contributed by atoms with Gasteiger partial charge in [0.05, 0.1) is 34.4 Å². The van der Waals surface area contributed by atoms with Crippen molar-refractivity contribution in [2.24, 2.45) is 7.05 Å². The number of carbonyl (C=O) groups is 1. The van der Waals surface area contributed by atoms with Crippen LogP contribution in [-0.4, -0.2) is 40.2 Å². The van der Waals surface area contributed by atoms with Crippen LogP contribution in [0.3, 0.4) is 0 Å². The van der Waals surface area contributed by atoms with Crippen LogP contribution >= 0.6 is 0 Å². The number of amides is 1. The van der Waals surface area contributed by atoms with Crippen LogP contribution in [0.1, 0.15) is 34.6 Å². The molecule has 0 saturated heterocycles. The number of rotatable bonds is 7. The van der Waals surface area contributed by atoms with Crippen LogP contribution in [-0.2, 0) is 24.9 Å². The van der Waals surface area contributed by atoms with Gasteiger partial charge in [-0.2, -0.15) is 15.3 Å². The average molecular weight is 505 g/mol. The van der Waals surface area contributed by atoms with Crippen molar-refractivity contribution in [2.75, 3.05) is 0 Å². The first kappa shape index (κ1) is 24.3. The Balaban J connectivity index is 1.41. The Morgan fingerprint density at radius 2 is 1.84 bits per heavy atom. The summed E-state index contributed by atoms with van der Waals surface area (Å²) >= 11 is 0. The van der Waals surface area contributed by atoms with Gasteiger partial charge in [-0.15, -0.1) is 0 Å². The van der Waals surface area contributed by atoms with Crippen LogP contribution in [0.2, 0.25) is 0 Å². The van der Waals surface area contributed by atoms with Crippen LogP contribution < -0.4 is 5.32 Å². The SMILES string of the molecule is Cc1nn(-c2ccccc2)c(C)c1CNC(=O)Cn1nc(C)c2c(C(F)F)cc(-c3cnn(C)c3)nc21. The van der Waals surface area contributed by atoms with Gasteiger partial charge in [0.1, 0.15) is 6.54 Å². The Labute approximate surface area is 211 Å². The number of hydrogen-bond donors (Lipinski definition) is 1. The normalized spacial score (nSPS) is 11.5. The van der Waals surface area contributed by atoms with Gasteiger partial charge in [0.15, 0.2) is 5.65 Å². The maximum absolute atomic E-state index is 14.0. The topological polar surface area (TPSA) is 95.5 Å². The first-order chi connectivity index (χ1) is 17.7. The number of para-hydroxylation sites is 1. The summed E-state index contributed by atoms with van der Waals surface area (Å²) in [5, 5.41) is 16.3. The fourth-order valence-corrected chi connectivity index (χ4v) is 4.50. The second-order valence-electron chi connectivity index (χ2n) is 8.92. The van der Waals surface area contributed by atoms with Crippen LogP contribution in [0, 0.1) is 20.8 Å². The molecule has 1 amide bonds. The average Bonchev–Trinajstić information content (AvgIpc) is 3.53. The number of halogens is 2. The number of nitrogens with zero attached hydrogens (tertiary/aromatic N) is 7. The van der Waals surface area contributed by atoms with Gasteiger partial charge in [0.25, 0.3) is 6.43 Å². The van der Waals surface area contributed by atoms with E-state index in [2.05, 4.69) is 25.6 Å². The highest BCUT2D eigenvalue weighted by Gasteiger charge is 2.22. The quantitative estimate of drug-likeness (QED) is 0.359. The summed E-state index contributed by atoms with van der Waals surface area (Å²) < 4.78 is 32.8. The molecule has 0 aliphatic heterocycles. The molecule has 0 radical (unpaired) electrons. The molecule has 4 aromatic heterocycles. The van der Waals surface area contributed by atoms with Crippen molar-refractivity contribution in [1.82, 2.24) is 39.6 Å². The number of nitrogens with one attached hydrogen (secondary N) is 1. The minimum Gasteiger partial charge on any atom is -0.350 e. The van der Waals surface area contributed by atoms with Gasteiger partial charge in [-0.25, -0.2) is 23.1 Å². The Bertz CT molecular complexity index is 1600. The van der Waals surface area contributed by atoms with Crippen LogP contribution in [0.15, 0.2) is 48.8 Å². The number of pyridine rings is 1. The van der Waals surface area contributed by atoms with E-state index >= 15 is 0 Å². The fraction of sp³-hybridized carbons (Fsp3) is 0.269. The number of benzene rings is 1. The standard InChI is InChI=1S/C26H26F2N8O/c1-15-21(17(3)36(33-15)19-8-6-5-7-9-19)12-29-23(37)14-35-26-24(16(2)32-35)20(25(27)28)10-22(31-26)18-11-30-34(4)13-18/h5-11,13,25H,12,14H2,1-4H3,(H,29,37). The summed E-state index contributed by atoms with van der Waals surface area (Å²) in [5.74, 6) is -0.317. The molecule has 0 unspecified atom stereocenters. The molecule has 1 aromatic carbocycles. The van der Waals surface area contributed by atoms with Crippen molar-refractivity contribution in [2.45, 2.75) is 40.3 Å². The summed E-state index contributed by atoms with van der Waals surface area (Å²) in [6.45, 7) is 5.60. The minimum absolute atomic E-state index is 0.165. The van der Waals surface area contributed by atoms with Crippen molar-refractivity contribution >= 4 is 16.9 Å². The van der Waals surface area contributed by atoms with Crippen LogP contribution in [0.25, 0.3) is 28.0 Å². The van der Waals surface area contributed by atoms with Gasteiger partial charge >= 0.3 is 0 Å². The molecule has 5 rings (SSSR count). The molecule has 0 aliphatic carbocycles. The van der Waals surface area contributed by atoms with Gasteiger partial charge in [-0.1, -0.05) is 18.2 Å². The molecule has 9 nitrogen and oxygen atoms in total. The third-order valence-electron chi connectivity index (χ3n) is 6.34. The first-order valence-corrected chi connectivity index (χ1v) is 11.8. The third-order valence-corrected chi connectivity index (χ3v) is 6.34. The highest BCUT2D eigenvalue weighted by molar-refractivity contribution is 5.87. The lowest BCUT2D eigenvalue weighted by molar-refractivity contribution is -0.121. The summed E-state index contributed by atoms with van der Waals surface area (Å²) in [5.41, 5.74) is 4.97. The summed E-state index contributed by atoms with van der Waals surface area (Å²) in [6, 6.07) is 11.1. The second-order valence-corrected chi connectivity index (χ2v) is 8.92. The molecule has 1 N–H and O–H groups in total. The smallest absolute Gasteiger partial charge is 0.264 e. The molecule has 0 aliphatic rings. The van der Waals surface area contributed by atoms with Gasteiger partial charge in [0, 0.05) is 42.2 Å². The summed E-state index contributed by atoms with van der Waals surface area (Å²) in [6.07, 6.45) is 0.534. The van der Waals surface area contributed by atoms with E-state index in [0.29, 0.717) is 17.0 Å². The van der Waals surface area contributed by atoms with Gasteiger partial charge in [-0.3, -0.25) is 9.48 Å².